The first-order valence-corrected chi connectivity index (χ1v) is 10.8. The fraction of sp³-hybridized carbons (Fsp3) is 0.333. The van der Waals surface area contributed by atoms with Crippen LogP contribution in [0.1, 0.15) is 26.7 Å². The van der Waals surface area contributed by atoms with Gasteiger partial charge in [0.05, 0.1) is 34.2 Å². The van der Waals surface area contributed by atoms with E-state index < -0.39 is 17.8 Å². The van der Waals surface area contributed by atoms with Crippen LogP contribution in [0.25, 0.3) is 11.3 Å². The van der Waals surface area contributed by atoms with E-state index in [1.54, 1.807) is 0 Å². The molecule has 5 rings (SSSR count). The number of nitrogens with zero attached hydrogens (tertiary/aromatic N) is 3. The number of H-pyrrole nitrogens is 1. The molecule has 2 aromatic heterocycles. The lowest BCUT2D eigenvalue weighted by Gasteiger charge is -2.11. The molecule has 1 aromatic carbocycles. The van der Waals surface area contributed by atoms with Crippen LogP contribution in [0.4, 0.5) is 18.9 Å². The molecule has 1 saturated carbocycles. The van der Waals surface area contributed by atoms with Crippen molar-refractivity contribution in [2.24, 2.45) is 18.9 Å². The number of piperidine rings is 1. The number of hydrogen-bond acceptors (Lipinski definition) is 5. The van der Waals surface area contributed by atoms with Crippen molar-refractivity contribution in [1.29, 1.82) is 0 Å². The molecular weight excluding hydrogens is 510 g/mol. The van der Waals surface area contributed by atoms with E-state index in [1.807, 2.05) is 5.10 Å². The van der Waals surface area contributed by atoms with Gasteiger partial charge < -0.3 is 20.5 Å². The standard InChI is InChI=1S/C21H19ClF3N7O2.ClH/c1-32-15(13-7-28-31-17(13)21(23,24)25)8-27-18(32)20(34)29-9-2-3-10(14(22)4-9)19(33)30-16-11-5-26-6-12(11)16;/h2-4,7-8,11-12,16,26H,5-6H2,1H3,(H,28,31)(H,29,34)(H,30,33);1H. The number of alkyl halides is 3. The lowest BCUT2D eigenvalue weighted by atomic mass is 10.2. The van der Waals surface area contributed by atoms with Crippen molar-refractivity contribution >= 4 is 41.5 Å². The number of nitrogens with one attached hydrogen (secondary N) is 4. The SMILES string of the molecule is Cl.Cn1c(-c2cn[nH]c2C(F)(F)F)cnc1C(=O)Nc1ccc(C(=O)NC2C3CNCC32)c(Cl)c1. The molecule has 3 heterocycles. The van der Waals surface area contributed by atoms with Crippen molar-refractivity contribution in [2.45, 2.75) is 12.2 Å². The van der Waals surface area contributed by atoms with Gasteiger partial charge in [0.25, 0.3) is 11.8 Å². The molecule has 2 amide bonds. The minimum absolute atomic E-state index is 0. The molecule has 2 atom stereocenters. The summed E-state index contributed by atoms with van der Waals surface area (Å²) >= 11 is 6.28. The third kappa shape index (κ3) is 4.60. The number of carbonyl (C=O) groups is 2. The number of carbonyl (C=O) groups excluding carboxylic acids is 2. The van der Waals surface area contributed by atoms with E-state index in [9.17, 15) is 22.8 Å². The number of aromatic nitrogens is 4. The Hall–Kier alpha value is -3.09. The van der Waals surface area contributed by atoms with E-state index in [0.29, 0.717) is 17.5 Å². The van der Waals surface area contributed by atoms with Gasteiger partial charge in [-0.25, -0.2) is 4.98 Å². The molecule has 1 aliphatic carbocycles. The van der Waals surface area contributed by atoms with E-state index in [1.165, 1.54) is 29.8 Å². The molecule has 35 heavy (non-hydrogen) atoms. The highest BCUT2D eigenvalue weighted by Crippen LogP contribution is 2.42. The lowest BCUT2D eigenvalue weighted by molar-refractivity contribution is -0.140. The van der Waals surface area contributed by atoms with Crippen molar-refractivity contribution in [3.63, 3.8) is 0 Å². The van der Waals surface area contributed by atoms with Crippen molar-refractivity contribution in [3.05, 3.63) is 52.7 Å². The summed E-state index contributed by atoms with van der Waals surface area (Å²) in [5.74, 6) is -0.137. The highest BCUT2D eigenvalue weighted by atomic mass is 35.5. The summed E-state index contributed by atoms with van der Waals surface area (Å²) in [5, 5.41) is 14.4. The fourth-order valence-electron chi connectivity index (χ4n) is 4.39. The van der Waals surface area contributed by atoms with E-state index in [0.717, 1.165) is 25.5 Å². The Balaban J connectivity index is 0.00000289. The van der Waals surface area contributed by atoms with Gasteiger partial charge in [0.1, 0.15) is 5.69 Å². The third-order valence-corrected chi connectivity index (χ3v) is 6.56. The topological polar surface area (TPSA) is 117 Å². The van der Waals surface area contributed by atoms with Crippen LogP contribution in [0.15, 0.2) is 30.6 Å². The summed E-state index contributed by atoms with van der Waals surface area (Å²) in [4.78, 5) is 29.2. The summed E-state index contributed by atoms with van der Waals surface area (Å²) in [6, 6.07) is 4.62. The Bertz CT molecular complexity index is 1280. The average molecular weight is 530 g/mol. The number of rotatable bonds is 5. The van der Waals surface area contributed by atoms with Crippen LogP contribution in [0.2, 0.25) is 5.02 Å². The van der Waals surface area contributed by atoms with Gasteiger partial charge >= 0.3 is 6.18 Å². The number of imidazole rings is 1. The molecule has 4 N–H and O–H groups in total. The Labute approximate surface area is 208 Å². The number of fused-ring (bicyclic) bond motifs is 1. The zero-order valence-electron chi connectivity index (χ0n) is 18.1. The van der Waals surface area contributed by atoms with Gasteiger partial charge in [-0.1, -0.05) is 11.6 Å². The Morgan fingerprint density at radius 3 is 2.54 bits per heavy atom. The van der Waals surface area contributed by atoms with E-state index in [2.05, 4.69) is 26.0 Å². The van der Waals surface area contributed by atoms with Gasteiger partial charge in [-0.15, -0.1) is 12.4 Å². The number of hydrogen-bond donors (Lipinski definition) is 4. The molecule has 0 spiro atoms. The summed E-state index contributed by atoms with van der Waals surface area (Å²) < 4.78 is 40.8. The van der Waals surface area contributed by atoms with Crippen LogP contribution in [0.3, 0.4) is 0 Å². The zero-order valence-corrected chi connectivity index (χ0v) is 19.7. The molecule has 2 fully saturated rings. The average Bonchev–Trinajstić information content (AvgIpc) is 3.26. The molecule has 1 aliphatic heterocycles. The molecule has 1 saturated heterocycles. The van der Waals surface area contributed by atoms with Crippen molar-refractivity contribution in [2.75, 3.05) is 18.4 Å². The van der Waals surface area contributed by atoms with Crippen LogP contribution >= 0.6 is 24.0 Å². The number of amides is 2. The largest absolute Gasteiger partial charge is 0.433 e. The second kappa shape index (κ2) is 9.17. The second-order valence-corrected chi connectivity index (χ2v) is 8.72. The number of benzene rings is 1. The second-order valence-electron chi connectivity index (χ2n) is 8.32. The van der Waals surface area contributed by atoms with Gasteiger partial charge in [-0.2, -0.15) is 18.3 Å². The predicted octanol–water partition coefficient (Wildman–Crippen LogP) is 3.10. The summed E-state index contributed by atoms with van der Waals surface area (Å²) in [6.45, 7) is 1.78. The smallest absolute Gasteiger partial charge is 0.349 e. The van der Waals surface area contributed by atoms with E-state index in [-0.39, 0.29) is 52.0 Å². The lowest BCUT2D eigenvalue weighted by Crippen LogP contribution is -2.32. The number of aromatic amines is 1. The Kier molecular flexibility index (Phi) is 6.56. The first-order chi connectivity index (χ1) is 16.1. The zero-order chi connectivity index (χ0) is 24.2. The molecular formula is C21H20Cl2F3N7O2. The van der Waals surface area contributed by atoms with Gasteiger partial charge in [-0.05, 0) is 30.0 Å². The van der Waals surface area contributed by atoms with Crippen LogP contribution in [0.5, 0.6) is 0 Å². The first kappa shape index (κ1) is 25.0. The Morgan fingerprint density at radius 2 is 1.89 bits per heavy atom. The van der Waals surface area contributed by atoms with Crippen LogP contribution in [0, 0.1) is 11.8 Å². The highest BCUT2D eigenvalue weighted by Gasteiger charge is 2.53. The minimum Gasteiger partial charge on any atom is -0.349 e. The van der Waals surface area contributed by atoms with Gasteiger partial charge in [0.15, 0.2) is 5.82 Å². The highest BCUT2D eigenvalue weighted by molar-refractivity contribution is 6.34. The first-order valence-electron chi connectivity index (χ1n) is 10.4. The molecule has 2 unspecified atom stereocenters. The minimum atomic E-state index is -4.64. The van der Waals surface area contributed by atoms with Crippen molar-refractivity contribution < 1.29 is 22.8 Å². The molecule has 14 heteroatoms. The monoisotopic (exact) mass is 529 g/mol. The summed E-state index contributed by atoms with van der Waals surface area (Å²) in [7, 11) is 1.42. The van der Waals surface area contributed by atoms with Crippen LogP contribution in [-0.4, -0.2) is 50.7 Å². The maximum Gasteiger partial charge on any atom is 0.433 e. The van der Waals surface area contributed by atoms with Crippen LogP contribution in [-0.2, 0) is 13.2 Å². The molecule has 0 radical (unpaired) electrons. The van der Waals surface area contributed by atoms with Crippen molar-refractivity contribution in [3.8, 4) is 11.3 Å². The third-order valence-electron chi connectivity index (χ3n) is 6.25. The molecule has 2 aliphatic rings. The maximum absolute atomic E-state index is 13.2. The Morgan fingerprint density at radius 1 is 1.17 bits per heavy atom. The number of halogens is 5. The fourth-order valence-corrected chi connectivity index (χ4v) is 4.66. The van der Waals surface area contributed by atoms with Crippen molar-refractivity contribution in [1.82, 2.24) is 30.4 Å². The van der Waals surface area contributed by atoms with E-state index >= 15 is 0 Å². The van der Waals surface area contributed by atoms with E-state index in [4.69, 9.17) is 11.6 Å². The molecule has 186 valence electrons. The van der Waals surface area contributed by atoms with Gasteiger partial charge in [0.2, 0.25) is 0 Å². The quantitative estimate of drug-likeness (QED) is 0.405. The summed E-state index contributed by atoms with van der Waals surface area (Å²) in [6.07, 6.45) is -2.45. The van der Waals surface area contributed by atoms with Crippen LogP contribution < -0.4 is 16.0 Å². The van der Waals surface area contributed by atoms with Gasteiger partial charge in [0, 0.05) is 31.9 Å². The summed E-state index contributed by atoms with van der Waals surface area (Å²) in [5.41, 5.74) is -0.597. The molecule has 0 bridgehead atoms. The normalized spacial score (nSPS) is 20.7. The predicted molar refractivity (Wildman–Crippen MR) is 124 cm³/mol. The molecule has 3 aromatic rings. The van der Waals surface area contributed by atoms with Gasteiger partial charge in [-0.3, -0.25) is 14.7 Å². The number of anilines is 1. The molecule has 9 nitrogen and oxygen atoms in total. The maximum atomic E-state index is 13.2.